The smallest absolute Gasteiger partial charge is 0.309 e. The molecule has 0 radical (unpaired) electrons. The number of hydrogen-bond acceptors (Lipinski definition) is 4. The molecule has 5 N–H and O–H groups in total. The largest absolute Gasteiger partial charge is 0.352 e. The second-order valence-electron chi connectivity index (χ2n) is 6.49. The van der Waals surface area contributed by atoms with Gasteiger partial charge in [-0.2, -0.15) is 0 Å². The summed E-state index contributed by atoms with van der Waals surface area (Å²) in [6, 6.07) is 9.60. The van der Waals surface area contributed by atoms with Gasteiger partial charge in [0.2, 0.25) is 11.8 Å². The van der Waals surface area contributed by atoms with Crippen molar-refractivity contribution in [3.05, 3.63) is 35.9 Å². The fourth-order valence-electron chi connectivity index (χ4n) is 3.37. The molecule has 0 saturated carbocycles. The molecule has 0 aromatic heterocycles. The normalized spacial score (nSPS) is 20.0. The highest BCUT2D eigenvalue weighted by Gasteiger charge is 2.41. The van der Waals surface area contributed by atoms with Crippen LogP contribution in [0.5, 0.6) is 0 Å². The number of carbonyl (C=O) groups is 3. The lowest BCUT2D eigenvalue weighted by Crippen LogP contribution is -2.49. The second kappa shape index (κ2) is 7.92. The highest BCUT2D eigenvalue weighted by atomic mass is 16.2. The van der Waals surface area contributed by atoms with Gasteiger partial charge in [-0.1, -0.05) is 30.3 Å². The Morgan fingerprint density at radius 2 is 1.54 bits per heavy atom. The second-order valence-corrected chi connectivity index (χ2v) is 6.49. The number of primary amides is 2. The van der Waals surface area contributed by atoms with Gasteiger partial charge in [0.15, 0.2) is 0 Å². The van der Waals surface area contributed by atoms with Crippen LogP contribution in [-0.2, 0) is 16.1 Å². The first-order valence-electron chi connectivity index (χ1n) is 8.02. The van der Waals surface area contributed by atoms with Gasteiger partial charge in [0.05, 0.1) is 0 Å². The van der Waals surface area contributed by atoms with E-state index in [-0.39, 0.29) is 17.2 Å². The number of imide groups is 1. The van der Waals surface area contributed by atoms with E-state index in [1.54, 1.807) is 0 Å². The molecule has 1 spiro atoms. The minimum Gasteiger partial charge on any atom is -0.352 e. The van der Waals surface area contributed by atoms with Crippen LogP contribution in [0.25, 0.3) is 0 Å². The van der Waals surface area contributed by atoms with Crippen molar-refractivity contribution >= 4 is 17.8 Å². The highest BCUT2D eigenvalue weighted by Crippen LogP contribution is 2.40. The first-order valence-corrected chi connectivity index (χ1v) is 8.02. The van der Waals surface area contributed by atoms with Crippen LogP contribution in [0.3, 0.4) is 0 Å². The molecule has 24 heavy (non-hydrogen) atoms. The van der Waals surface area contributed by atoms with Crippen molar-refractivity contribution in [2.24, 2.45) is 16.9 Å². The number of rotatable bonds is 2. The number of carbonyl (C=O) groups excluding carboxylic acids is 3. The minimum atomic E-state index is -0.833. The number of nitrogens with two attached hydrogens (primary N) is 2. The quantitative estimate of drug-likeness (QED) is 0.692. The molecule has 4 amide bonds. The lowest BCUT2D eigenvalue weighted by atomic mass is 9.71. The van der Waals surface area contributed by atoms with Crippen LogP contribution in [0, 0.1) is 5.41 Å². The Balaban J connectivity index is 0.000000471. The molecule has 1 aromatic carbocycles. The summed E-state index contributed by atoms with van der Waals surface area (Å²) < 4.78 is 0. The zero-order valence-corrected chi connectivity index (χ0v) is 13.7. The summed E-state index contributed by atoms with van der Waals surface area (Å²) in [6.07, 6.45) is 2.91. The van der Waals surface area contributed by atoms with Gasteiger partial charge in [0.1, 0.15) is 0 Å². The van der Waals surface area contributed by atoms with E-state index in [0.717, 1.165) is 32.5 Å². The number of piperidine rings is 2. The molecule has 0 aliphatic carbocycles. The number of hydrogen-bond donors (Lipinski definition) is 3. The molecule has 7 heteroatoms. The molecular weight excluding hydrogens is 308 g/mol. The van der Waals surface area contributed by atoms with E-state index in [0.29, 0.717) is 12.8 Å². The molecule has 7 nitrogen and oxygen atoms in total. The summed E-state index contributed by atoms with van der Waals surface area (Å²) in [4.78, 5) is 34.6. The minimum absolute atomic E-state index is 0.0768. The van der Waals surface area contributed by atoms with Crippen LogP contribution in [0.4, 0.5) is 4.79 Å². The molecule has 2 aliphatic heterocycles. The first-order chi connectivity index (χ1) is 11.4. The van der Waals surface area contributed by atoms with Crippen LogP contribution in [0.1, 0.15) is 31.2 Å². The zero-order chi connectivity index (χ0) is 17.6. The Morgan fingerprint density at radius 3 is 2.04 bits per heavy atom. The van der Waals surface area contributed by atoms with E-state index in [4.69, 9.17) is 4.79 Å². The molecule has 0 unspecified atom stereocenters. The summed E-state index contributed by atoms with van der Waals surface area (Å²) in [7, 11) is 0. The topological polar surface area (TPSA) is 119 Å². The van der Waals surface area contributed by atoms with Gasteiger partial charge in [0, 0.05) is 19.4 Å². The van der Waals surface area contributed by atoms with E-state index in [1.807, 2.05) is 6.07 Å². The molecule has 0 atom stereocenters. The van der Waals surface area contributed by atoms with Crippen LogP contribution in [0.2, 0.25) is 0 Å². The van der Waals surface area contributed by atoms with E-state index in [9.17, 15) is 9.59 Å². The van der Waals surface area contributed by atoms with Crippen molar-refractivity contribution in [2.75, 3.05) is 13.1 Å². The predicted molar refractivity (Wildman–Crippen MR) is 89.5 cm³/mol. The third kappa shape index (κ3) is 5.34. The number of nitrogens with zero attached hydrogens (tertiary/aromatic N) is 1. The molecular formula is C17H24N4O3. The maximum absolute atomic E-state index is 11.6. The summed E-state index contributed by atoms with van der Waals surface area (Å²) in [5.41, 5.74) is 9.74. The SMILES string of the molecule is NC(N)=O.O=C1CC2(CCN(Cc3ccccc3)CC2)CC(=O)N1. The summed E-state index contributed by atoms with van der Waals surface area (Å²) in [6.45, 7) is 2.89. The Bertz CT molecular complexity index is 573. The van der Waals surface area contributed by atoms with Gasteiger partial charge in [-0.3, -0.25) is 19.8 Å². The maximum atomic E-state index is 11.6. The van der Waals surface area contributed by atoms with Crippen molar-refractivity contribution < 1.29 is 14.4 Å². The Labute approximate surface area is 141 Å². The number of benzene rings is 1. The predicted octanol–water partition coefficient (Wildman–Crippen LogP) is 0.729. The van der Waals surface area contributed by atoms with Gasteiger partial charge in [-0.25, -0.2) is 4.79 Å². The van der Waals surface area contributed by atoms with Crippen molar-refractivity contribution in [1.29, 1.82) is 0 Å². The Kier molecular flexibility index (Phi) is 5.92. The van der Waals surface area contributed by atoms with E-state index < -0.39 is 6.03 Å². The van der Waals surface area contributed by atoms with E-state index >= 15 is 0 Å². The molecule has 2 heterocycles. The fraction of sp³-hybridized carbons (Fsp3) is 0.471. The Morgan fingerprint density at radius 1 is 1.04 bits per heavy atom. The number of urea groups is 1. The van der Waals surface area contributed by atoms with Gasteiger partial charge in [-0.15, -0.1) is 0 Å². The van der Waals surface area contributed by atoms with Crippen LogP contribution in [0.15, 0.2) is 30.3 Å². The van der Waals surface area contributed by atoms with Crippen LogP contribution < -0.4 is 16.8 Å². The number of nitrogens with one attached hydrogen (secondary N) is 1. The van der Waals surface area contributed by atoms with Gasteiger partial charge >= 0.3 is 6.03 Å². The summed E-state index contributed by atoms with van der Waals surface area (Å²) >= 11 is 0. The molecule has 2 aliphatic rings. The third-order valence-electron chi connectivity index (χ3n) is 4.52. The molecule has 3 rings (SSSR count). The lowest BCUT2D eigenvalue weighted by Gasteiger charge is -2.43. The van der Waals surface area contributed by atoms with Gasteiger partial charge in [-0.05, 0) is 36.9 Å². The lowest BCUT2D eigenvalue weighted by molar-refractivity contribution is -0.139. The van der Waals surface area contributed by atoms with Crippen LogP contribution in [-0.4, -0.2) is 35.8 Å². The molecule has 1 aromatic rings. The van der Waals surface area contributed by atoms with Crippen molar-refractivity contribution in [3.8, 4) is 0 Å². The Hall–Kier alpha value is -2.41. The fourth-order valence-corrected chi connectivity index (χ4v) is 3.37. The van der Waals surface area contributed by atoms with Crippen LogP contribution >= 0.6 is 0 Å². The monoisotopic (exact) mass is 332 g/mol. The molecule has 2 saturated heterocycles. The van der Waals surface area contributed by atoms with Crippen molar-refractivity contribution in [3.63, 3.8) is 0 Å². The first kappa shape index (κ1) is 17.9. The average Bonchev–Trinajstić information content (AvgIpc) is 2.49. The average molecular weight is 332 g/mol. The van der Waals surface area contributed by atoms with Gasteiger partial charge < -0.3 is 11.5 Å². The maximum Gasteiger partial charge on any atom is 0.309 e. The highest BCUT2D eigenvalue weighted by molar-refractivity contribution is 5.98. The van der Waals surface area contributed by atoms with E-state index in [2.05, 4.69) is 45.9 Å². The standard InChI is InChI=1S/C16H20N2O2.CH4N2O/c19-14-10-16(11-15(20)17-14)6-8-18(9-7-16)12-13-4-2-1-3-5-13;2-1(3)4/h1-5H,6-12H2,(H,17,19,20);(H4,2,3,4). The summed E-state index contributed by atoms with van der Waals surface area (Å²) in [5, 5.41) is 2.41. The molecule has 130 valence electrons. The third-order valence-corrected chi connectivity index (χ3v) is 4.52. The molecule has 2 fully saturated rings. The molecule has 0 bridgehead atoms. The zero-order valence-electron chi connectivity index (χ0n) is 13.7. The summed E-state index contributed by atoms with van der Waals surface area (Å²) in [5.74, 6) is -0.199. The van der Waals surface area contributed by atoms with Crippen molar-refractivity contribution in [1.82, 2.24) is 10.2 Å². The van der Waals surface area contributed by atoms with Crippen molar-refractivity contribution in [2.45, 2.75) is 32.2 Å². The van der Waals surface area contributed by atoms with Gasteiger partial charge in [0.25, 0.3) is 0 Å². The van der Waals surface area contributed by atoms with E-state index in [1.165, 1.54) is 5.56 Å². The number of amides is 4. The number of likely N-dealkylation sites (tertiary alicyclic amines) is 1.